The maximum atomic E-state index is 12.7. The lowest BCUT2D eigenvalue weighted by molar-refractivity contribution is -0.126. The third-order valence-corrected chi connectivity index (χ3v) is 15.5. The fourth-order valence-corrected chi connectivity index (χ4v) is 9.45. The van der Waals surface area contributed by atoms with Gasteiger partial charge in [-0.25, -0.2) is 0 Å². The Hall–Kier alpha value is -0.413. The smallest absolute Gasteiger partial charge is 0.192 e. The van der Waals surface area contributed by atoms with E-state index in [1.807, 2.05) is 6.08 Å². The SMILES string of the molecule is CC[C@H]1CC[C@H]2[C@@H]3CCC4=CC(=O)CC(O[Si](C)(C)C(C)(C)C)[C@]4(C)[C@H]3CC[C@]12C. The quantitative estimate of drug-likeness (QED) is 0.432. The Labute approximate surface area is 186 Å². The van der Waals surface area contributed by atoms with Crippen LogP contribution in [0, 0.1) is 34.5 Å². The Kier molecular flexibility index (Phi) is 5.54. The molecule has 3 saturated carbocycles. The van der Waals surface area contributed by atoms with Gasteiger partial charge < -0.3 is 4.43 Å². The van der Waals surface area contributed by atoms with Crippen LogP contribution in [0.25, 0.3) is 0 Å². The molecule has 3 fully saturated rings. The Morgan fingerprint density at radius 2 is 1.80 bits per heavy atom. The lowest BCUT2D eigenvalue weighted by Crippen LogP contribution is -2.58. The van der Waals surface area contributed by atoms with Gasteiger partial charge >= 0.3 is 0 Å². The summed E-state index contributed by atoms with van der Waals surface area (Å²) in [5.74, 6) is 3.61. The van der Waals surface area contributed by atoms with Crippen molar-refractivity contribution in [3.05, 3.63) is 11.6 Å². The molecule has 1 unspecified atom stereocenters. The first-order chi connectivity index (χ1) is 13.8. The van der Waals surface area contributed by atoms with Gasteiger partial charge in [-0.2, -0.15) is 0 Å². The fourth-order valence-electron chi connectivity index (χ4n) is 8.06. The number of rotatable bonds is 3. The average Bonchev–Trinajstić information content (AvgIpc) is 2.98. The molecule has 0 amide bonds. The first-order valence-electron chi connectivity index (χ1n) is 12.8. The van der Waals surface area contributed by atoms with Crippen LogP contribution in [0.1, 0.15) is 92.9 Å². The van der Waals surface area contributed by atoms with Crippen molar-refractivity contribution in [1.82, 2.24) is 0 Å². The molecule has 7 atom stereocenters. The van der Waals surface area contributed by atoms with E-state index in [2.05, 4.69) is 54.6 Å². The normalized spacial score (nSPS) is 44.2. The van der Waals surface area contributed by atoms with E-state index >= 15 is 0 Å². The van der Waals surface area contributed by atoms with Gasteiger partial charge in [0.2, 0.25) is 0 Å². The van der Waals surface area contributed by atoms with Gasteiger partial charge in [-0.3, -0.25) is 4.79 Å². The highest BCUT2D eigenvalue weighted by molar-refractivity contribution is 6.74. The largest absolute Gasteiger partial charge is 0.413 e. The predicted molar refractivity (Wildman–Crippen MR) is 128 cm³/mol. The Morgan fingerprint density at radius 3 is 2.43 bits per heavy atom. The van der Waals surface area contributed by atoms with E-state index in [-0.39, 0.29) is 16.6 Å². The second kappa shape index (κ2) is 7.30. The van der Waals surface area contributed by atoms with Gasteiger partial charge in [0.1, 0.15) is 0 Å². The van der Waals surface area contributed by atoms with E-state index in [1.54, 1.807) is 0 Å². The maximum absolute atomic E-state index is 12.7. The average molecular weight is 431 g/mol. The number of carbonyl (C=O) groups is 1. The fraction of sp³-hybridized carbons (Fsp3) is 0.889. The zero-order chi connectivity index (χ0) is 22.1. The molecule has 0 aromatic carbocycles. The van der Waals surface area contributed by atoms with Gasteiger partial charge in [-0.1, -0.05) is 53.5 Å². The van der Waals surface area contributed by atoms with Gasteiger partial charge in [-0.15, -0.1) is 0 Å². The zero-order valence-corrected chi connectivity index (χ0v) is 21.9. The summed E-state index contributed by atoms with van der Waals surface area (Å²) < 4.78 is 7.09. The molecule has 0 saturated heterocycles. The van der Waals surface area contributed by atoms with Crippen LogP contribution in [0.15, 0.2) is 11.6 Å². The first kappa shape index (κ1) is 22.8. The van der Waals surface area contributed by atoms with E-state index in [4.69, 9.17) is 4.43 Å². The Morgan fingerprint density at radius 1 is 1.10 bits per heavy atom. The van der Waals surface area contributed by atoms with E-state index in [0.29, 0.717) is 23.5 Å². The van der Waals surface area contributed by atoms with Crippen molar-refractivity contribution >= 4 is 14.1 Å². The molecule has 30 heavy (non-hydrogen) atoms. The van der Waals surface area contributed by atoms with Crippen LogP contribution in [0.2, 0.25) is 18.1 Å². The minimum atomic E-state index is -1.94. The first-order valence-corrected chi connectivity index (χ1v) is 15.7. The molecule has 0 aromatic rings. The molecule has 4 aliphatic carbocycles. The van der Waals surface area contributed by atoms with E-state index in [1.165, 1.54) is 44.1 Å². The van der Waals surface area contributed by atoms with E-state index in [9.17, 15) is 4.79 Å². The minimum Gasteiger partial charge on any atom is -0.413 e. The molecule has 0 spiro atoms. The highest BCUT2D eigenvalue weighted by Crippen LogP contribution is 2.67. The van der Waals surface area contributed by atoms with Crippen molar-refractivity contribution < 1.29 is 9.22 Å². The topological polar surface area (TPSA) is 26.3 Å². The van der Waals surface area contributed by atoms with Crippen LogP contribution in [-0.2, 0) is 9.22 Å². The third-order valence-electron chi connectivity index (χ3n) is 11.0. The molecule has 4 aliphatic rings. The summed E-state index contributed by atoms with van der Waals surface area (Å²) in [5.41, 5.74) is 2.03. The van der Waals surface area contributed by atoms with Gasteiger partial charge in [0.15, 0.2) is 14.1 Å². The molecule has 3 heteroatoms. The molecule has 4 rings (SSSR count). The standard InChI is InChI=1S/C27H46O2Si/c1-9-18-11-13-22-21-12-10-19-16-20(28)17-24(29-30(7,8)25(2,3)4)27(19,6)23(21)14-15-26(18,22)5/h16,18,21-24H,9-15,17H2,1-8H3/t18-,21-,22-,23-,24?,26+,27-/m0/s1. The van der Waals surface area contributed by atoms with Crippen LogP contribution in [0.4, 0.5) is 0 Å². The third kappa shape index (κ3) is 3.24. The summed E-state index contributed by atoms with van der Waals surface area (Å²) >= 11 is 0. The molecule has 0 bridgehead atoms. The summed E-state index contributed by atoms with van der Waals surface area (Å²) in [6.07, 6.45) is 12.0. The molecule has 170 valence electrons. The highest BCUT2D eigenvalue weighted by atomic mass is 28.4. The number of hydrogen-bond acceptors (Lipinski definition) is 2. The lowest BCUT2D eigenvalue weighted by atomic mass is 9.46. The maximum Gasteiger partial charge on any atom is 0.192 e. The molecule has 0 aromatic heterocycles. The summed E-state index contributed by atoms with van der Waals surface area (Å²) in [5, 5.41) is 0.173. The second-order valence-corrected chi connectivity index (χ2v) is 17.9. The van der Waals surface area contributed by atoms with Gasteiger partial charge in [0.25, 0.3) is 0 Å². The molecular formula is C27H46O2Si. The molecule has 2 nitrogen and oxygen atoms in total. The van der Waals surface area contributed by atoms with Crippen LogP contribution in [-0.4, -0.2) is 20.2 Å². The van der Waals surface area contributed by atoms with Crippen LogP contribution >= 0.6 is 0 Å². The molecule has 0 N–H and O–H groups in total. The second-order valence-electron chi connectivity index (χ2n) is 13.1. The summed E-state index contributed by atoms with van der Waals surface area (Å²) in [4.78, 5) is 12.7. The zero-order valence-electron chi connectivity index (χ0n) is 20.9. The molecule has 0 heterocycles. The van der Waals surface area contributed by atoms with Crippen molar-refractivity contribution in [2.24, 2.45) is 34.5 Å². The lowest BCUT2D eigenvalue weighted by Gasteiger charge is -2.61. The van der Waals surface area contributed by atoms with Crippen molar-refractivity contribution in [2.75, 3.05) is 0 Å². The van der Waals surface area contributed by atoms with E-state index in [0.717, 1.165) is 24.2 Å². The number of hydrogen-bond donors (Lipinski definition) is 0. The highest BCUT2D eigenvalue weighted by Gasteiger charge is 2.61. The molecule has 0 aliphatic heterocycles. The molecular weight excluding hydrogens is 384 g/mol. The Bertz CT molecular complexity index is 732. The van der Waals surface area contributed by atoms with Crippen molar-refractivity contribution in [1.29, 1.82) is 0 Å². The van der Waals surface area contributed by atoms with E-state index < -0.39 is 8.32 Å². The van der Waals surface area contributed by atoms with Crippen molar-refractivity contribution in [3.63, 3.8) is 0 Å². The molecule has 0 radical (unpaired) electrons. The minimum absolute atomic E-state index is 0.0535. The number of fused-ring (bicyclic) bond motifs is 5. The number of carbonyl (C=O) groups excluding carboxylic acids is 1. The van der Waals surface area contributed by atoms with Crippen molar-refractivity contribution in [3.8, 4) is 0 Å². The number of ketones is 1. The summed E-state index contributed by atoms with van der Waals surface area (Å²) in [6, 6.07) is 0. The van der Waals surface area contributed by atoms with Crippen molar-refractivity contribution in [2.45, 2.75) is 117 Å². The van der Waals surface area contributed by atoms with Crippen LogP contribution in [0.5, 0.6) is 0 Å². The monoisotopic (exact) mass is 430 g/mol. The van der Waals surface area contributed by atoms with Gasteiger partial charge in [0.05, 0.1) is 6.10 Å². The van der Waals surface area contributed by atoms with Gasteiger partial charge in [-0.05, 0) is 91.8 Å². The summed E-state index contributed by atoms with van der Waals surface area (Å²) in [6.45, 7) is 19.2. The summed E-state index contributed by atoms with van der Waals surface area (Å²) in [7, 11) is -1.94. The Balaban J connectivity index is 1.69. The van der Waals surface area contributed by atoms with Crippen LogP contribution < -0.4 is 0 Å². The predicted octanol–water partition coefficient (Wildman–Crippen LogP) is 7.54. The van der Waals surface area contributed by atoms with Crippen LogP contribution in [0.3, 0.4) is 0 Å². The van der Waals surface area contributed by atoms with Gasteiger partial charge in [0, 0.05) is 11.8 Å².